The van der Waals surface area contributed by atoms with Crippen molar-refractivity contribution in [2.75, 3.05) is 14.1 Å². The van der Waals surface area contributed by atoms with Gasteiger partial charge in [0.25, 0.3) is 0 Å². The molecule has 0 saturated carbocycles. The largest absolute Gasteiger partial charge is 1.00 e. The summed E-state index contributed by atoms with van der Waals surface area (Å²) in [7, 11) is 4.02. The molecule has 2 aromatic rings. The summed E-state index contributed by atoms with van der Waals surface area (Å²) in [5.74, 6) is 0.290. The van der Waals surface area contributed by atoms with Gasteiger partial charge in [0.2, 0.25) is 0 Å². The first kappa shape index (κ1) is 16.5. The predicted molar refractivity (Wildman–Crippen MR) is 77.1 cm³/mol. The fourth-order valence-electron chi connectivity index (χ4n) is 2.04. The average molecular weight is 292 g/mol. The van der Waals surface area contributed by atoms with Crippen molar-refractivity contribution in [2.45, 2.75) is 19.4 Å². The van der Waals surface area contributed by atoms with E-state index < -0.39 is 0 Å². The number of nitrogens with zero attached hydrogens (tertiary/aromatic N) is 2. The summed E-state index contributed by atoms with van der Waals surface area (Å²) in [6.45, 7) is 0.790. The monoisotopic (exact) mass is 291 g/mol. The quantitative estimate of drug-likeness (QED) is 0.817. The van der Waals surface area contributed by atoms with Crippen molar-refractivity contribution in [2.24, 2.45) is 0 Å². The molecule has 108 valence electrons. The summed E-state index contributed by atoms with van der Waals surface area (Å²) >= 11 is 0. The molecular weight excluding hydrogens is 272 g/mol. The Kier molecular flexibility index (Phi) is 6.49. The van der Waals surface area contributed by atoms with E-state index in [9.17, 15) is 5.11 Å². The molecule has 2 rings (SSSR count). The normalized spacial score (nSPS) is 10.3. The molecule has 1 N–H and O–H groups in total. The Hall–Kier alpha value is -1.58. The maximum absolute atomic E-state index is 9.87. The maximum atomic E-state index is 9.87. The van der Waals surface area contributed by atoms with Crippen LogP contribution in [0.3, 0.4) is 0 Å². The zero-order valence-electron chi connectivity index (χ0n) is 11.9. The number of aromatic hydroxyl groups is 1. The van der Waals surface area contributed by atoms with E-state index in [1.807, 2.05) is 38.4 Å². The van der Waals surface area contributed by atoms with Crippen LogP contribution in [0, 0.1) is 0 Å². The number of aromatic nitrogens is 1. The topological polar surface area (TPSA) is 36.4 Å². The third-order valence-electron chi connectivity index (χ3n) is 2.98. The fourth-order valence-corrected chi connectivity index (χ4v) is 2.04. The minimum Gasteiger partial charge on any atom is -1.00 e. The molecule has 3 nitrogen and oxygen atoms in total. The van der Waals surface area contributed by atoms with Crippen molar-refractivity contribution in [3.05, 3.63) is 59.4 Å². The van der Waals surface area contributed by atoms with E-state index in [1.54, 1.807) is 6.07 Å². The summed E-state index contributed by atoms with van der Waals surface area (Å²) in [6.07, 6.45) is 1.66. The van der Waals surface area contributed by atoms with Crippen molar-refractivity contribution in [3.63, 3.8) is 0 Å². The molecule has 0 radical (unpaired) electrons. The minimum atomic E-state index is 0. The van der Waals surface area contributed by atoms with Gasteiger partial charge in [0.15, 0.2) is 0 Å². The number of benzene rings is 1. The lowest BCUT2D eigenvalue weighted by atomic mass is 10.1. The zero-order valence-corrected chi connectivity index (χ0v) is 12.6. The second-order valence-electron chi connectivity index (χ2n) is 4.99. The van der Waals surface area contributed by atoms with Gasteiger partial charge < -0.3 is 22.4 Å². The average Bonchev–Trinajstić information content (AvgIpc) is 2.40. The lowest BCUT2D eigenvalue weighted by molar-refractivity contribution is -0.00000513. The van der Waals surface area contributed by atoms with Crippen LogP contribution in [0.4, 0.5) is 0 Å². The molecule has 1 aromatic carbocycles. The molecule has 0 bridgehead atoms. The molecule has 0 aliphatic rings. The Morgan fingerprint density at radius 1 is 1.00 bits per heavy atom. The van der Waals surface area contributed by atoms with Crippen LogP contribution in [0.2, 0.25) is 0 Å². The highest BCUT2D eigenvalue weighted by molar-refractivity contribution is 5.29. The van der Waals surface area contributed by atoms with E-state index in [0.717, 1.165) is 30.8 Å². The van der Waals surface area contributed by atoms with Crippen molar-refractivity contribution >= 4 is 0 Å². The molecule has 0 unspecified atom stereocenters. The van der Waals surface area contributed by atoms with Crippen LogP contribution in [0.1, 0.15) is 17.0 Å². The predicted octanol–water partition coefficient (Wildman–Crippen LogP) is -0.362. The molecule has 1 heterocycles. The Balaban J connectivity index is 0.00000200. The number of rotatable bonds is 5. The summed E-state index contributed by atoms with van der Waals surface area (Å²) < 4.78 is 0. The van der Waals surface area contributed by atoms with Gasteiger partial charge in [-0.2, -0.15) is 0 Å². The molecule has 4 heteroatoms. The van der Waals surface area contributed by atoms with Gasteiger partial charge in [0, 0.05) is 6.54 Å². The van der Waals surface area contributed by atoms with Gasteiger partial charge in [-0.25, -0.2) is 0 Å². The first-order valence-electron chi connectivity index (χ1n) is 6.51. The van der Waals surface area contributed by atoms with Gasteiger partial charge in [-0.1, -0.05) is 30.3 Å². The van der Waals surface area contributed by atoms with E-state index in [-0.39, 0.29) is 12.4 Å². The number of hydrogen-bond acceptors (Lipinski definition) is 3. The molecule has 0 fully saturated rings. The van der Waals surface area contributed by atoms with Gasteiger partial charge >= 0.3 is 0 Å². The van der Waals surface area contributed by atoms with E-state index in [1.165, 1.54) is 5.56 Å². The molecule has 0 spiro atoms. The standard InChI is InChI=1S/C16H20N2O.ClH/c1-18(2)12-14-9-11-16(19)15(17-14)10-8-13-6-4-3-5-7-13;/h3-7,9,11,19H,8,10,12H2,1-2H3;1H/p-1. The number of aryl methyl sites for hydroxylation is 2. The first-order valence-corrected chi connectivity index (χ1v) is 6.51. The summed E-state index contributed by atoms with van der Waals surface area (Å²) in [5, 5.41) is 9.87. The number of halogens is 1. The van der Waals surface area contributed by atoms with Crippen molar-refractivity contribution in [3.8, 4) is 5.75 Å². The van der Waals surface area contributed by atoms with Gasteiger partial charge in [-0.3, -0.25) is 4.98 Å². The van der Waals surface area contributed by atoms with E-state index >= 15 is 0 Å². The molecule has 0 atom stereocenters. The van der Waals surface area contributed by atoms with Gasteiger partial charge in [0.05, 0.1) is 11.4 Å². The van der Waals surface area contributed by atoms with E-state index in [4.69, 9.17) is 0 Å². The molecule has 0 saturated heterocycles. The Morgan fingerprint density at radius 3 is 2.35 bits per heavy atom. The highest BCUT2D eigenvalue weighted by Crippen LogP contribution is 2.17. The number of hydrogen-bond donors (Lipinski definition) is 1. The van der Waals surface area contributed by atoms with Crippen LogP contribution < -0.4 is 12.4 Å². The number of pyridine rings is 1. The second kappa shape index (κ2) is 7.88. The van der Waals surface area contributed by atoms with Gasteiger partial charge in [-0.15, -0.1) is 0 Å². The van der Waals surface area contributed by atoms with Crippen LogP contribution in [-0.2, 0) is 19.4 Å². The van der Waals surface area contributed by atoms with E-state index in [0.29, 0.717) is 5.75 Å². The van der Waals surface area contributed by atoms with E-state index in [2.05, 4.69) is 22.0 Å². The van der Waals surface area contributed by atoms with Crippen molar-refractivity contribution < 1.29 is 17.5 Å². The molecule has 0 aliphatic carbocycles. The van der Waals surface area contributed by atoms with Gasteiger partial charge in [0.1, 0.15) is 5.75 Å². The fraction of sp³-hybridized carbons (Fsp3) is 0.312. The van der Waals surface area contributed by atoms with Gasteiger partial charge in [-0.05, 0) is 44.6 Å². The third kappa shape index (κ3) is 4.83. The molecule has 1 aromatic heterocycles. The van der Waals surface area contributed by atoms with Crippen molar-refractivity contribution in [1.29, 1.82) is 0 Å². The zero-order chi connectivity index (χ0) is 13.7. The van der Waals surface area contributed by atoms with Crippen LogP contribution in [0.5, 0.6) is 5.75 Å². The van der Waals surface area contributed by atoms with Crippen LogP contribution in [0.25, 0.3) is 0 Å². The summed E-state index contributed by atoms with van der Waals surface area (Å²) in [4.78, 5) is 6.61. The lowest BCUT2D eigenvalue weighted by Crippen LogP contribution is -3.00. The highest BCUT2D eigenvalue weighted by atomic mass is 35.5. The molecular formula is C16H20ClN2O-. The van der Waals surface area contributed by atoms with Crippen LogP contribution in [0.15, 0.2) is 42.5 Å². The van der Waals surface area contributed by atoms with Crippen LogP contribution >= 0.6 is 0 Å². The first-order chi connectivity index (χ1) is 9.15. The summed E-state index contributed by atoms with van der Waals surface area (Å²) in [5.41, 5.74) is 3.04. The lowest BCUT2D eigenvalue weighted by Gasteiger charge is -2.11. The molecule has 0 amide bonds. The minimum absolute atomic E-state index is 0. The summed E-state index contributed by atoms with van der Waals surface area (Å²) in [6, 6.07) is 13.9. The van der Waals surface area contributed by atoms with Crippen molar-refractivity contribution in [1.82, 2.24) is 9.88 Å². The Labute approximate surface area is 126 Å². The smallest absolute Gasteiger partial charge is 0.137 e. The highest BCUT2D eigenvalue weighted by Gasteiger charge is 2.06. The molecule has 0 aliphatic heterocycles. The third-order valence-corrected chi connectivity index (χ3v) is 2.98. The Morgan fingerprint density at radius 2 is 1.70 bits per heavy atom. The molecule has 20 heavy (non-hydrogen) atoms. The van der Waals surface area contributed by atoms with Crippen LogP contribution in [-0.4, -0.2) is 29.1 Å². The second-order valence-corrected chi connectivity index (χ2v) is 4.99. The Bertz CT molecular complexity index is 529. The maximum Gasteiger partial charge on any atom is 0.137 e. The SMILES string of the molecule is CN(C)Cc1ccc(O)c(CCc2ccccc2)n1.[Cl-].